The van der Waals surface area contributed by atoms with Gasteiger partial charge in [-0.15, -0.1) is 0 Å². The molecule has 0 aliphatic heterocycles. The monoisotopic (exact) mass is 388 g/mol. The van der Waals surface area contributed by atoms with Gasteiger partial charge in [0.15, 0.2) is 0 Å². The number of nitrogens with one attached hydrogen (secondary N) is 2. The van der Waals surface area contributed by atoms with Crippen molar-refractivity contribution in [2.24, 2.45) is 0 Å². The first-order chi connectivity index (χ1) is 14.2. The van der Waals surface area contributed by atoms with E-state index in [1.165, 1.54) is 5.56 Å². The number of hydrogen-bond donors (Lipinski definition) is 2. The molecule has 2 N–H and O–H groups in total. The number of anilines is 1. The second-order valence-electron chi connectivity index (χ2n) is 6.61. The average molecular weight is 388 g/mol. The molecule has 5 nitrogen and oxygen atoms in total. The molecule has 3 aromatic rings. The molecule has 0 aliphatic rings. The van der Waals surface area contributed by atoms with Crippen LogP contribution >= 0.6 is 0 Å². The van der Waals surface area contributed by atoms with E-state index in [0.29, 0.717) is 23.4 Å². The Morgan fingerprint density at radius 2 is 1.41 bits per heavy atom. The molecule has 0 aromatic heterocycles. The SMILES string of the molecule is COc1ccc(NC(=O)c2ccc(C(=O)NCCCc3ccccc3)cc2)cc1. The van der Waals surface area contributed by atoms with Crippen molar-refractivity contribution in [2.45, 2.75) is 12.8 Å². The molecule has 0 unspecified atom stereocenters. The number of carbonyl (C=O) groups is 2. The fourth-order valence-electron chi connectivity index (χ4n) is 2.89. The Morgan fingerprint density at radius 1 is 0.793 bits per heavy atom. The summed E-state index contributed by atoms with van der Waals surface area (Å²) in [6.07, 6.45) is 1.80. The Balaban J connectivity index is 1.48. The van der Waals surface area contributed by atoms with Gasteiger partial charge in [0, 0.05) is 23.4 Å². The van der Waals surface area contributed by atoms with Crippen molar-refractivity contribution in [1.82, 2.24) is 5.32 Å². The van der Waals surface area contributed by atoms with Crippen LogP contribution in [-0.2, 0) is 6.42 Å². The molecule has 29 heavy (non-hydrogen) atoms. The van der Waals surface area contributed by atoms with E-state index in [2.05, 4.69) is 22.8 Å². The van der Waals surface area contributed by atoms with E-state index in [9.17, 15) is 9.59 Å². The van der Waals surface area contributed by atoms with Gasteiger partial charge in [0.05, 0.1) is 7.11 Å². The minimum absolute atomic E-state index is 0.139. The molecule has 2 amide bonds. The number of methoxy groups -OCH3 is 1. The standard InChI is InChI=1S/C24H24N2O3/c1-29-22-15-13-21(14-16-22)26-24(28)20-11-9-19(10-12-20)23(27)25-17-5-8-18-6-3-2-4-7-18/h2-4,6-7,9-16H,5,8,17H2,1H3,(H,25,27)(H,26,28). The van der Waals surface area contributed by atoms with E-state index >= 15 is 0 Å². The highest BCUT2D eigenvalue weighted by atomic mass is 16.5. The van der Waals surface area contributed by atoms with E-state index in [4.69, 9.17) is 4.74 Å². The Hall–Kier alpha value is -3.60. The molecule has 3 rings (SSSR count). The zero-order valence-electron chi connectivity index (χ0n) is 16.4. The van der Waals surface area contributed by atoms with Gasteiger partial charge in [-0.2, -0.15) is 0 Å². The van der Waals surface area contributed by atoms with Gasteiger partial charge in [-0.05, 0) is 66.9 Å². The lowest BCUT2D eigenvalue weighted by Gasteiger charge is -2.08. The second-order valence-corrected chi connectivity index (χ2v) is 6.61. The maximum Gasteiger partial charge on any atom is 0.255 e. The van der Waals surface area contributed by atoms with Crippen LogP contribution in [0, 0.1) is 0 Å². The molecular weight excluding hydrogens is 364 g/mol. The van der Waals surface area contributed by atoms with Gasteiger partial charge in [0.1, 0.15) is 5.75 Å². The molecule has 5 heteroatoms. The predicted octanol–water partition coefficient (Wildman–Crippen LogP) is 4.31. The lowest BCUT2D eigenvalue weighted by Crippen LogP contribution is -2.24. The highest BCUT2D eigenvalue weighted by molar-refractivity contribution is 6.05. The van der Waals surface area contributed by atoms with Crippen molar-refractivity contribution in [2.75, 3.05) is 19.0 Å². The topological polar surface area (TPSA) is 67.4 Å². The summed E-state index contributed by atoms with van der Waals surface area (Å²) in [5.74, 6) is 0.354. The van der Waals surface area contributed by atoms with Crippen molar-refractivity contribution in [3.8, 4) is 5.75 Å². The zero-order chi connectivity index (χ0) is 20.5. The smallest absolute Gasteiger partial charge is 0.255 e. The maximum atomic E-state index is 12.4. The molecule has 0 atom stereocenters. The summed E-state index contributed by atoms with van der Waals surface area (Å²) >= 11 is 0. The average Bonchev–Trinajstić information content (AvgIpc) is 2.78. The summed E-state index contributed by atoms with van der Waals surface area (Å²) in [7, 11) is 1.59. The van der Waals surface area contributed by atoms with E-state index in [-0.39, 0.29) is 11.8 Å². The maximum absolute atomic E-state index is 12.4. The lowest BCUT2D eigenvalue weighted by atomic mass is 10.1. The van der Waals surface area contributed by atoms with Crippen molar-refractivity contribution < 1.29 is 14.3 Å². The normalized spacial score (nSPS) is 10.2. The van der Waals surface area contributed by atoms with Crippen LogP contribution in [0.1, 0.15) is 32.7 Å². The zero-order valence-corrected chi connectivity index (χ0v) is 16.4. The number of amides is 2. The fourth-order valence-corrected chi connectivity index (χ4v) is 2.89. The molecule has 0 saturated carbocycles. The molecule has 0 saturated heterocycles. The van der Waals surface area contributed by atoms with Crippen molar-refractivity contribution in [1.29, 1.82) is 0 Å². The highest BCUT2D eigenvalue weighted by Crippen LogP contribution is 2.16. The van der Waals surface area contributed by atoms with E-state index in [0.717, 1.165) is 18.6 Å². The van der Waals surface area contributed by atoms with Gasteiger partial charge in [-0.1, -0.05) is 30.3 Å². The van der Waals surface area contributed by atoms with Crippen molar-refractivity contribution in [3.63, 3.8) is 0 Å². The van der Waals surface area contributed by atoms with Gasteiger partial charge < -0.3 is 15.4 Å². The van der Waals surface area contributed by atoms with Crippen LogP contribution in [0.3, 0.4) is 0 Å². The lowest BCUT2D eigenvalue weighted by molar-refractivity contribution is 0.0951. The third kappa shape index (κ3) is 5.94. The minimum Gasteiger partial charge on any atom is -0.497 e. The van der Waals surface area contributed by atoms with Gasteiger partial charge in [-0.3, -0.25) is 9.59 Å². The first-order valence-electron chi connectivity index (χ1n) is 9.53. The quantitative estimate of drug-likeness (QED) is 0.565. The summed E-state index contributed by atoms with van der Waals surface area (Å²) in [6, 6.07) is 23.9. The van der Waals surface area contributed by atoms with Crippen LogP contribution < -0.4 is 15.4 Å². The Labute approximate surface area is 170 Å². The molecule has 148 valence electrons. The molecule has 0 bridgehead atoms. The number of hydrogen-bond acceptors (Lipinski definition) is 3. The summed E-state index contributed by atoms with van der Waals surface area (Å²) < 4.78 is 5.10. The number of aryl methyl sites for hydroxylation is 1. The third-order valence-electron chi connectivity index (χ3n) is 4.53. The number of rotatable bonds is 8. The second kappa shape index (κ2) is 10.1. The van der Waals surface area contributed by atoms with Crippen LogP contribution in [0.15, 0.2) is 78.9 Å². The molecule has 3 aromatic carbocycles. The summed E-state index contributed by atoms with van der Waals surface area (Å²) in [5, 5.41) is 5.74. The van der Waals surface area contributed by atoms with Crippen LogP contribution in [0.5, 0.6) is 5.75 Å². The van der Waals surface area contributed by atoms with E-state index in [1.807, 2.05) is 18.2 Å². The fraction of sp³-hybridized carbons (Fsp3) is 0.167. The van der Waals surface area contributed by atoms with Gasteiger partial charge in [-0.25, -0.2) is 0 Å². The summed E-state index contributed by atoms with van der Waals surface area (Å²) in [5.41, 5.74) is 2.96. The molecule has 0 radical (unpaired) electrons. The van der Waals surface area contributed by atoms with E-state index < -0.39 is 0 Å². The van der Waals surface area contributed by atoms with Crippen LogP contribution in [0.4, 0.5) is 5.69 Å². The number of benzene rings is 3. The Kier molecular flexibility index (Phi) is 7.00. The predicted molar refractivity (Wildman–Crippen MR) is 114 cm³/mol. The minimum atomic E-state index is -0.231. The number of ether oxygens (including phenoxy) is 1. The molecule has 0 spiro atoms. The van der Waals surface area contributed by atoms with Crippen molar-refractivity contribution in [3.05, 3.63) is 95.6 Å². The Morgan fingerprint density at radius 3 is 2.03 bits per heavy atom. The van der Waals surface area contributed by atoms with Crippen LogP contribution in [-0.4, -0.2) is 25.5 Å². The summed E-state index contributed by atoms with van der Waals surface area (Å²) in [6.45, 7) is 0.605. The summed E-state index contributed by atoms with van der Waals surface area (Å²) in [4.78, 5) is 24.6. The van der Waals surface area contributed by atoms with Gasteiger partial charge in [0.2, 0.25) is 0 Å². The number of carbonyl (C=O) groups excluding carboxylic acids is 2. The van der Waals surface area contributed by atoms with Gasteiger partial charge >= 0.3 is 0 Å². The first-order valence-corrected chi connectivity index (χ1v) is 9.53. The molecular formula is C24H24N2O3. The molecule has 0 fully saturated rings. The van der Waals surface area contributed by atoms with E-state index in [1.54, 1.807) is 55.6 Å². The first kappa shape index (κ1) is 20.1. The van der Waals surface area contributed by atoms with Crippen LogP contribution in [0.25, 0.3) is 0 Å². The highest BCUT2D eigenvalue weighted by Gasteiger charge is 2.09. The molecule has 0 aliphatic carbocycles. The van der Waals surface area contributed by atoms with Crippen LogP contribution in [0.2, 0.25) is 0 Å². The van der Waals surface area contributed by atoms with Gasteiger partial charge in [0.25, 0.3) is 11.8 Å². The largest absolute Gasteiger partial charge is 0.497 e. The molecule has 0 heterocycles. The Bertz CT molecular complexity index is 936. The third-order valence-corrected chi connectivity index (χ3v) is 4.53. The van der Waals surface area contributed by atoms with Crippen molar-refractivity contribution >= 4 is 17.5 Å².